The van der Waals surface area contributed by atoms with E-state index in [9.17, 15) is 34.8 Å². The van der Waals surface area contributed by atoms with Crippen LogP contribution in [0.1, 0.15) is 56.2 Å². The number of hydrogen-bond acceptors (Lipinski definition) is 7. The van der Waals surface area contributed by atoms with Crippen LogP contribution in [-0.2, 0) is 27.2 Å². The summed E-state index contributed by atoms with van der Waals surface area (Å²) in [6.45, 7) is 4.28. The number of fused-ring (bicyclic) bond motifs is 3. The molecule has 0 aliphatic heterocycles. The van der Waals surface area contributed by atoms with Crippen molar-refractivity contribution in [3.63, 3.8) is 0 Å². The Hall–Kier alpha value is -3.13. The van der Waals surface area contributed by atoms with Gasteiger partial charge in [0.25, 0.3) is 5.91 Å². The third-order valence-corrected chi connectivity index (χ3v) is 7.27. The van der Waals surface area contributed by atoms with E-state index in [1.54, 1.807) is 0 Å². The van der Waals surface area contributed by atoms with Gasteiger partial charge in [-0.3, -0.25) is 14.4 Å². The maximum atomic E-state index is 13.5. The standard InChI is InChI=1S/C25H29NO7/c1-11(2)4-3-5-12-6-7-16(27)19-15(12)9-13-8-14-10-17(28)20(24(26)32)23(31)25(14,33)22(30)18(13)21(19)29/h6-7,11,13-14,27,29,31,33H,3-5,8-10H2,1-2H3,(H2,26,32)/t13-,14+,25+/m1/s1. The summed E-state index contributed by atoms with van der Waals surface area (Å²) in [6.07, 6.45) is 2.88. The quantitative estimate of drug-likeness (QED) is 0.426. The molecule has 3 aliphatic carbocycles. The van der Waals surface area contributed by atoms with Gasteiger partial charge in [0.15, 0.2) is 11.4 Å². The van der Waals surface area contributed by atoms with Crippen LogP contribution in [-0.4, -0.2) is 43.5 Å². The van der Waals surface area contributed by atoms with E-state index in [4.69, 9.17) is 5.73 Å². The number of benzene rings is 1. The topological polar surface area (TPSA) is 158 Å². The molecule has 8 nitrogen and oxygen atoms in total. The van der Waals surface area contributed by atoms with E-state index in [-0.39, 0.29) is 29.7 Å². The number of aryl methyl sites for hydroxylation is 1. The second kappa shape index (κ2) is 8.02. The summed E-state index contributed by atoms with van der Waals surface area (Å²) in [5.41, 5.74) is 3.66. The predicted molar refractivity (Wildman–Crippen MR) is 119 cm³/mol. The Balaban J connectivity index is 1.82. The minimum atomic E-state index is -2.53. The SMILES string of the molecule is CC(C)CCCc1ccc(O)c2c1C[C@H]1C[C@H]3CC(=O)C(C(N)=O)=C(O)[C@@]3(O)C(=O)C1=C2O. The van der Waals surface area contributed by atoms with Crippen molar-refractivity contribution in [1.29, 1.82) is 0 Å². The number of amides is 1. The lowest BCUT2D eigenvalue weighted by Gasteiger charge is -2.46. The van der Waals surface area contributed by atoms with E-state index in [1.165, 1.54) is 6.07 Å². The number of hydrogen-bond donors (Lipinski definition) is 5. The van der Waals surface area contributed by atoms with Crippen LogP contribution in [0.4, 0.5) is 0 Å². The average Bonchev–Trinajstić information content (AvgIpc) is 2.71. The van der Waals surface area contributed by atoms with Crippen molar-refractivity contribution < 1.29 is 34.8 Å². The van der Waals surface area contributed by atoms with Gasteiger partial charge < -0.3 is 26.2 Å². The van der Waals surface area contributed by atoms with E-state index in [0.717, 1.165) is 30.4 Å². The number of phenolic OH excluding ortho intramolecular Hbond substituents is 1. The van der Waals surface area contributed by atoms with Gasteiger partial charge in [-0.25, -0.2) is 0 Å². The van der Waals surface area contributed by atoms with Gasteiger partial charge in [-0.05, 0) is 54.7 Å². The summed E-state index contributed by atoms with van der Waals surface area (Å²) in [5.74, 6) is -5.51. The van der Waals surface area contributed by atoms with Crippen LogP contribution in [0.15, 0.2) is 29.0 Å². The first kappa shape index (κ1) is 23.0. The first-order chi connectivity index (χ1) is 15.5. The molecular weight excluding hydrogens is 426 g/mol. The van der Waals surface area contributed by atoms with Crippen LogP contribution in [0.25, 0.3) is 5.76 Å². The second-order valence-electron chi connectivity index (χ2n) is 9.79. The van der Waals surface area contributed by atoms with Crippen molar-refractivity contribution in [1.82, 2.24) is 0 Å². The molecule has 0 radical (unpaired) electrons. The fourth-order valence-electron chi connectivity index (χ4n) is 5.62. The second-order valence-corrected chi connectivity index (χ2v) is 9.79. The van der Waals surface area contributed by atoms with E-state index in [2.05, 4.69) is 13.8 Å². The van der Waals surface area contributed by atoms with Gasteiger partial charge >= 0.3 is 0 Å². The Morgan fingerprint density at radius 2 is 1.88 bits per heavy atom. The van der Waals surface area contributed by atoms with Crippen LogP contribution in [0.2, 0.25) is 0 Å². The average molecular weight is 456 g/mol. The third kappa shape index (κ3) is 3.44. The predicted octanol–water partition coefficient (Wildman–Crippen LogP) is 2.40. The fourth-order valence-corrected chi connectivity index (χ4v) is 5.62. The van der Waals surface area contributed by atoms with Gasteiger partial charge in [-0.15, -0.1) is 0 Å². The Labute approximate surface area is 191 Å². The molecule has 0 saturated heterocycles. The van der Waals surface area contributed by atoms with E-state index >= 15 is 0 Å². The smallest absolute Gasteiger partial charge is 0.255 e. The highest BCUT2D eigenvalue weighted by Gasteiger charge is 2.60. The zero-order chi connectivity index (χ0) is 24.2. The number of aliphatic hydroxyl groups excluding tert-OH is 2. The molecule has 3 atom stereocenters. The zero-order valence-electron chi connectivity index (χ0n) is 18.7. The molecule has 1 saturated carbocycles. The summed E-state index contributed by atoms with van der Waals surface area (Å²) in [7, 11) is 0. The van der Waals surface area contributed by atoms with Crippen LogP contribution >= 0.6 is 0 Å². The lowest BCUT2D eigenvalue weighted by Crippen LogP contribution is -2.58. The number of nitrogens with two attached hydrogens (primary N) is 1. The summed E-state index contributed by atoms with van der Waals surface area (Å²) in [6, 6.07) is 3.30. The maximum Gasteiger partial charge on any atom is 0.255 e. The minimum Gasteiger partial charge on any atom is -0.508 e. The zero-order valence-corrected chi connectivity index (χ0v) is 18.7. The van der Waals surface area contributed by atoms with Crippen molar-refractivity contribution >= 4 is 23.2 Å². The lowest BCUT2D eigenvalue weighted by atomic mass is 9.59. The third-order valence-electron chi connectivity index (χ3n) is 7.27. The number of phenols is 1. The molecule has 4 rings (SSSR count). The van der Waals surface area contributed by atoms with E-state index < -0.39 is 52.0 Å². The molecule has 1 aromatic rings. The highest BCUT2D eigenvalue weighted by molar-refractivity contribution is 6.22. The van der Waals surface area contributed by atoms with Crippen molar-refractivity contribution in [2.45, 2.75) is 58.0 Å². The van der Waals surface area contributed by atoms with Gasteiger partial charge in [0, 0.05) is 17.9 Å². The summed E-state index contributed by atoms with van der Waals surface area (Å²) < 4.78 is 0. The molecule has 1 fully saturated rings. The number of aliphatic hydroxyl groups is 3. The van der Waals surface area contributed by atoms with Crippen molar-refractivity contribution in [3.8, 4) is 5.75 Å². The van der Waals surface area contributed by atoms with Crippen molar-refractivity contribution in [2.24, 2.45) is 23.5 Å². The Bertz CT molecular complexity index is 1130. The molecule has 1 aromatic carbocycles. The molecule has 0 heterocycles. The van der Waals surface area contributed by atoms with Crippen LogP contribution in [0.3, 0.4) is 0 Å². The number of primary amides is 1. The van der Waals surface area contributed by atoms with Crippen LogP contribution in [0.5, 0.6) is 5.75 Å². The van der Waals surface area contributed by atoms with E-state index in [0.29, 0.717) is 12.3 Å². The first-order valence-corrected chi connectivity index (χ1v) is 11.3. The van der Waals surface area contributed by atoms with Crippen molar-refractivity contribution in [2.75, 3.05) is 0 Å². The Kier molecular flexibility index (Phi) is 5.60. The van der Waals surface area contributed by atoms with Gasteiger partial charge in [0.05, 0.1) is 5.56 Å². The van der Waals surface area contributed by atoms with Gasteiger partial charge in [0.2, 0.25) is 5.78 Å². The lowest BCUT2D eigenvalue weighted by molar-refractivity contribution is -0.147. The van der Waals surface area contributed by atoms with E-state index in [1.807, 2.05) is 6.07 Å². The highest BCUT2D eigenvalue weighted by Crippen LogP contribution is 2.52. The van der Waals surface area contributed by atoms with Gasteiger partial charge in [-0.1, -0.05) is 26.3 Å². The number of ketones is 2. The molecule has 0 aromatic heterocycles. The monoisotopic (exact) mass is 455 g/mol. The normalized spacial score (nSPS) is 26.9. The molecule has 3 aliphatic rings. The molecule has 33 heavy (non-hydrogen) atoms. The van der Waals surface area contributed by atoms with Gasteiger partial charge in [-0.2, -0.15) is 0 Å². The minimum absolute atomic E-state index is 0.111. The first-order valence-electron chi connectivity index (χ1n) is 11.3. The Morgan fingerprint density at radius 1 is 1.18 bits per heavy atom. The molecule has 176 valence electrons. The molecule has 1 amide bonds. The molecular formula is C25H29NO7. The molecule has 0 bridgehead atoms. The number of carbonyl (C=O) groups excluding carboxylic acids is 3. The molecule has 0 unspecified atom stereocenters. The number of aromatic hydroxyl groups is 1. The molecule has 0 spiro atoms. The summed E-state index contributed by atoms with van der Waals surface area (Å²) in [5, 5.41) is 43.4. The summed E-state index contributed by atoms with van der Waals surface area (Å²) >= 11 is 0. The number of carbonyl (C=O) groups is 3. The Morgan fingerprint density at radius 3 is 2.52 bits per heavy atom. The molecule has 8 heteroatoms. The largest absolute Gasteiger partial charge is 0.508 e. The van der Waals surface area contributed by atoms with Crippen LogP contribution in [0, 0.1) is 17.8 Å². The number of rotatable bonds is 5. The summed E-state index contributed by atoms with van der Waals surface area (Å²) in [4.78, 5) is 37.6. The van der Waals surface area contributed by atoms with Crippen molar-refractivity contribution in [3.05, 3.63) is 45.7 Å². The van der Waals surface area contributed by atoms with Crippen LogP contribution < -0.4 is 5.73 Å². The van der Waals surface area contributed by atoms with Gasteiger partial charge in [0.1, 0.15) is 22.8 Å². The number of Topliss-reactive ketones (excluding diaryl/α,β-unsaturated/α-hetero) is 2. The maximum absolute atomic E-state index is 13.5. The fraction of sp³-hybridized carbons (Fsp3) is 0.480. The molecule has 6 N–H and O–H groups in total. The highest BCUT2D eigenvalue weighted by atomic mass is 16.3.